The van der Waals surface area contributed by atoms with Crippen molar-refractivity contribution in [3.05, 3.63) is 24.3 Å². The number of rotatable bonds is 4. The molecule has 0 bridgehead atoms. The maximum atomic E-state index is 13.1. The Morgan fingerprint density at radius 1 is 1.30 bits per heavy atom. The van der Waals surface area contributed by atoms with Gasteiger partial charge in [0.1, 0.15) is 0 Å². The minimum absolute atomic E-state index is 0.0452. The van der Waals surface area contributed by atoms with Gasteiger partial charge in [-0.1, -0.05) is 30.4 Å². The smallest absolute Gasteiger partial charge is 0.282 e. The zero-order valence-corrected chi connectivity index (χ0v) is 17.5. The van der Waals surface area contributed by atoms with Gasteiger partial charge < -0.3 is 0 Å². The standard InChI is InChI=1S/C18H24N4O3S2/c1-11(2)20(4)27(24,25)21-10-9-14-16(21)12(3)17(23)22(14)18-19-13-7-5-6-8-15(13)26-18/h5-8,11-12,14,16H,9-10H2,1-4H3/t12-,14-,16+/m0/s1. The fourth-order valence-electron chi connectivity index (χ4n) is 4.06. The number of aromatic nitrogens is 1. The molecule has 2 fully saturated rings. The molecule has 3 heterocycles. The maximum absolute atomic E-state index is 13.1. The molecule has 9 heteroatoms. The average Bonchev–Trinajstić information content (AvgIpc) is 3.29. The molecule has 0 radical (unpaired) electrons. The Labute approximate surface area is 163 Å². The molecule has 3 atom stereocenters. The number of amides is 1. The van der Waals surface area contributed by atoms with Crippen LogP contribution in [0.4, 0.5) is 5.13 Å². The third-order valence-electron chi connectivity index (χ3n) is 5.72. The molecule has 7 nitrogen and oxygen atoms in total. The number of carbonyl (C=O) groups is 1. The molecule has 0 unspecified atom stereocenters. The molecular formula is C18H24N4O3S2. The summed E-state index contributed by atoms with van der Waals surface area (Å²) in [6, 6.07) is 7.14. The van der Waals surface area contributed by atoms with Gasteiger partial charge in [0, 0.05) is 19.6 Å². The molecule has 2 aliphatic heterocycles. The number of fused-ring (bicyclic) bond motifs is 2. The summed E-state index contributed by atoms with van der Waals surface area (Å²) in [7, 11) is -2.01. The predicted molar refractivity (Wildman–Crippen MR) is 107 cm³/mol. The number of thiazole rings is 1. The van der Waals surface area contributed by atoms with Crippen LogP contribution in [0, 0.1) is 5.92 Å². The molecule has 2 aromatic rings. The summed E-state index contributed by atoms with van der Waals surface area (Å²) in [5.74, 6) is -0.434. The van der Waals surface area contributed by atoms with Crippen molar-refractivity contribution < 1.29 is 13.2 Å². The van der Waals surface area contributed by atoms with E-state index >= 15 is 0 Å². The topological polar surface area (TPSA) is 73.8 Å². The van der Waals surface area contributed by atoms with Gasteiger partial charge >= 0.3 is 0 Å². The van der Waals surface area contributed by atoms with Gasteiger partial charge in [0.25, 0.3) is 10.2 Å². The Kier molecular flexibility index (Phi) is 4.53. The van der Waals surface area contributed by atoms with Crippen molar-refractivity contribution in [3.8, 4) is 0 Å². The average molecular weight is 409 g/mol. The maximum Gasteiger partial charge on any atom is 0.282 e. The largest absolute Gasteiger partial charge is 0.283 e. The fraction of sp³-hybridized carbons (Fsp3) is 0.556. The lowest BCUT2D eigenvalue weighted by Crippen LogP contribution is -2.49. The van der Waals surface area contributed by atoms with Crippen molar-refractivity contribution in [3.63, 3.8) is 0 Å². The quantitative estimate of drug-likeness (QED) is 0.778. The van der Waals surface area contributed by atoms with Crippen LogP contribution >= 0.6 is 11.3 Å². The molecule has 146 valence electrons. The highest BCUT2D eigenvalue weighted by Crippen LogP contribution is 2.43. The van der Waals surface area contributed by atoms with Crippen molar-refractivity contribution in [2.24, 2.45) is 5.92 Å². The highest BCUT2D eigenvalue weighted by molar-refractivity contribution is 7.86. The van der Waals surface area contributed by atoms with Gasteiger partial charge in [-0.05, 0) is 32.4 Å². The molecule has 0 aliphatic carbocycles. The van der Waals surface area contributed by atoms with Crippen LogP contribution < -0.4 is 4.90 Å². The summed E-state index contributed by atoms with van der Waals surface area (Å²) in [6.45, 7) is 5.95. The molecule has 0 N–H and O–H groups in total. The van der Waals surface area contributed by atoms with Gasteiger partial charge in [0.2, 0.25) is 5.91 Å². The first kappa shape index (κ1) is 18.8. The van der Waals surface area contributed by atoms with Crippen LogP contribution in [-0.4, -0.2) is 59.6 Å². The Morgan fingerprint density at radius 2 is 2.00 bits per heavy atom. The van der Waals surface area contributed by atoms with E-state index in [0.717, 1.165) is 10.2 Å². The molecule has 0 saturated carbocycles. The number of carbonyl (C=O) groups excluding carboxylic acids is 1. The molecule has 2 aliphatic rings. The molecule has 1 aromatic carbocycles. The minimum Gasteiger partial charge on any atom is -0.283 e. The zero-order valence-electron chi connectivity index (χ0n) is 15.9. The number of hydrogen-bond donors (Lipinski definition) is 0. The van der Waals surface area contributed by atoms with E-state index < -0.39 is 10.2 Å². The highest BCUT2D eigenvalue weighted by atomic mass is 32.2. The second-order valence-corrected chi connectivity index (χ2v) is 10.5. The van der Waals surface area contributed by atoms with Crippen molar-refractivity contribution in [2.45, 2.75) is 45.3 Å². The summed E-state index contributed by atoms with van der Waals surface area (Å²) < 4.78 is 30.1. The van der Waals surface area contributed by atoms with Gasteiger partial charge in [0.05, 0.1) is 28.2 Å². The second-order valence-electron chi connectivity index (χ2n) is 7.54. The van der Waals surface area contributed by atoms with Crippen LogP contribution in [-0.2, 0) is 15.0 Å². The molecular weight excluding hydrogens is 384 g/mol. The number of nitrogens with zero attached hydrogens (tertiary/aromatic N) is 4. The van der Waals surface area contributed by atoms with E-state index in [9.17, 15) is 13.2 Å². The van der Waals surface area contributed by atoms with E-state index in [2.05, 4.69) is 4.98 Å². The first-order valence-corrected chi connectivity index (χ1v) is 11.4. The fourth-order valence-corrected chi connectivity index (χ4v) is 6.92. The molecule has 27 heavy (non-hydrogen) atoms. The Hall–Kier alpha value is -1.55. The van der Waals surface area contributed by atoms with Crippen molar-refractivity contribution >= 4 is 42.8 Å². The van der Waals surface area contributed by atoms with E-state index in [1.165, 1.54) is 19.9 Å². The van der Waals surface area contributed by atoms with Crippen LogP contribution in [0.2, 0.25) is 0 Å². The summed E-state index contributed by atoms with van der Waals surface area (Å²) in [5.41, 5.74) is 0.864. The van der Waals surface area contributed by atoms with Crippen molar-refractivity contribution in [2.75, 3.05) is 18.5 Å². The third kappa shape index (κ3) is 2.79. The molecule has 4 rings (SSSR count). The summed E-state index contributed by atoms with van der Waals surface area (Å²) >= 11 is 1.48. The van der Waals surface area contributed by atoms with E-state index in [1.54, 1.807) is 11.9 Å². The first-order valence-electron chi connectivity index (χ1n) is 9.17. The third-order valence-corrected chi connectivity index (χ3v) is 8.92. The van der Waals surface area contributed by atoms with Crippen LogP contribution in [0.3, 0.4) is 0 Å². The number of benzene rings is 1. The van der Waals surface area contributed by atoms with Gasteiger partial charge in [-0.15, -0.1) is 0 Å². The summed E-state index contributed by atoms with van der Waals surface area (Å²) in [6.07, 6.45) is 0.627. The van der Waals surface area contributed by atoms with Crippen molar-refractivity contribution in [1.29, 1.82) is 0 Å². The number of para-hydroxylation sites is 1. The van der Waals surface area contributed by atoms with Gasteiger partial charge in [0.15, 0.2) is 5.13 Å². The van der Waals surface area contributed by atoms with Crippen LogP contribution in [0.5, 0.6) is 0 Å². The SMILES string of the molecule is CC(C)N(C)S(=O)(=O)N1CC[C@H]2[C@H]1[C@H](C)C(=O)N2c1nc2ccccc2s1. The highest BCUT2D eigenvalue weighted by Gasteiger charge is 2.56. The summed E-state index contributed by atoms with van der Waals surface area (Å²) in [5, 5.41) is 0.664. The first-order chi connectivity index (χ1) is 12.7. The normalized spacial score (nSPS) is 26.7. The second kappa shape index (κ2) is 6.51. The van der Waals surface area contributed by atoms with E-state index in [1.807, 2.05) is 45.0 Å². The Morgan fingerprint density at radius 3 is 2.67 bits per heavy atom. The lowest BCUT2D eigenvalue weighted by Gasteiger charge is -2.31. The monoisotopic (exact) mass is 408 g/mol. The summed E-state index contributed by atoms with van der Waals surface area (Å²) in [4.78, 5) is 19.4. The number of hydrogen-bond acceptors (Lipinski definition) is 5. The zero-order chi connectivity index (χ0) is 19.5. The molecule has 0 spiro atoms. The lowest BCUT2D eigenvalue weighted by molar-refractivity contribution is -0.120. The van der Waals surface area contributed by atoms with Crippen molar-refractivity contribution in [1.82, 2.24) is 13.6 Å². The lowest BCUT2D eigenvalue weighted by atomic mass is 10.0. The van der Waals surface area contributed by atoms with Gasteiger partial charge in [-0.3, -0.25) is 9.69 Å². The predicted octanol–water partition coefficient (Wildman–Crippen LogP) is 2.31. The van der Waals surface area contributed by atoms with E-state index in [4.69, 9.17) is 0 Å². The molecule has 1 aromatic heterocycles. The number of anilines is 1. The van der Waals surface area contributed by atoms with Crippen LogP contribution in [0.15, 0.2) is 24.3 Å². The Balaban J connectivity index is 1.70. The van der Waals surface area contributed by atoms with Gasteiger partial charge in [-0.25, -0.2) is 4.98 Å². The van der Waals surface area contributed by atoms with Gasteiger partial charge in [-0.2, -0.15) is 17.0 Å². The van der Waals surface area contributed by atoms with E-state index in [0.29, 0.717) is 18.1 Å². The molecule has 1 amide bonds. The van der Waals surface area contributed by atoms with Crippen LogP contribution in [0.25, 0.3) is 10.2 Å². The molecule has 2 saturated heterocycles. The van der Waals surface area contributed by atoms with Crippen LogP contribution in [0.1, 0.15) is 27.2 Å². The minimum atomic E-state index is -3.61. The Bertz CT molecular complexity index is 954. The van der Waals surface area contributed by atoms with E-state index in [-0.39, 0.29) is 30.0 Å².